The zero-order valence-electron chi connectivity index (χ0n) is 15.9. The van der Waals surface area contributed by atoms with Crippen LogP contribution in [0.15, 0.2) is 12.4 Å². The molecule has 0 aliphatic carbocycles. The quantitative estimate of drug-likeness (QED) is 0.780. The van der Waals surface area contributed by atoms with Crippen molar-refractivity contribution in [2.75, 3.05) is 0 Å². The predicted molar refractivity (Wildman–Crippen MR) is 94.5 cm³/mol. The third kappa shape index (κ3) is 3.72. The molecule has 1 aromatic heterocycles. The third-order valence-corrected chi connectivity index (χ3v) is 5.12. The van der Waals surface area contributed by atoms with Crippen molar-refractivity contribution in [3.63, 3.8) is 0 Å². The van der Waals surface area contributed by atoms with Crippen LogP contribution in [0, 0.1) is 5.92 Å². The zero-order chi connectivity index (χ0) is 18.4. The van der Waals surface area contributed by atoms with Crippen molar-refractivity contribution in [1.82, 2.24) is 14.7 Å². The summed E-state index contributed by atoms with van der Waals surface area (Å²) in [5.41, 5.74) is 0.193. The largest absolute Gasteiger partial charge is 0.444 e. The summed E-state index contributed by atoms with van der Waals surface area (Å²) in [6, 6.07) is 0.470. The van der Waals surface area contributed by atoms with Crippen LogP contribution < -0.4 is 0 Å². The van der Waals surface area contributed by atoms with Crippen LogP contribution in [0.2, 0.25) is 0 Å². The monoisotopic (exact) mass is 347 g/mol. The first-order valence-corrected chi connectivity index (χ1v) is 9.25. The number of aromatic nitrogens is 2. The van der Waals surface area contributed by atoms with E-state index in [1.165, 1.54) is 0 Å². The van der Waals surface area contributed by atoms with E-state index in [1.807, 2.05) is 50.4 Å². The standard InChI is InChI=1S/C19H29N3O3/c1-12(2)21-11-14(10-20-21)17(23)13-8-15-6-7-16(9-13)22(15)18(24)25-19(3,4)5/h10-13,15-16H,6-9H2,1-5H3. The van der Waals surface area contributed by atoms with Crippen LogP contribution >= 0.6 is 0 Å². The molecule has 2 unspecified atom stereocenters. The molecule has 2 aliphatic heterocycles. The Morgan fingerprint density at radius 3 is 2.28 bits per heavy atom. The van der Waals surface area contributed by atoms with Crippen LogP contribution in [0.1, 0.15) is 76.7 Å². The third-order valence-electron chi connectivity index (χ3n) is 5.12. The summed E-state index contributed by atoms with van der Waals surface area (Å²) >= 11 is 0. The molecule has 6 heteroatoms. The lowest BCUT2D eigenvalue weighted by Gasteiger charge is -2.38. The first-order chi connectivity index (χ1) is 11.7. The summed E-state index contributed by atoms with van der Waals surface area (Å²) in [5, 5.41) is 4.28. The van der Waals surface area contributed by atoms with E-state index in [0.29, 0.717) is 5.56 Å². The first kappa shape index (κ1) is 18.0. The number of hydrogen-bond acceptors (Lipinski definition) is 4. The second kappa shape index (κ2) is 6.46. The molecular weight excluding hydrogens is 318 g/mol. The highest BCUT2D eigenvalue weighted by atomic mass is 16.6. The molecule has 0 N–H and O–H groups in total. The summed E-state index contributed by atoms with van der Waals surface area (Å²) in [4.78, 5) is 27.3. The average Bonchev–Trinajstić information content (AvgIpc) is 3.08. The molecule has 2 atom stereocenters. The van der Waals surface area contributed by atoms with Crippen LogP contribution in [0.25, 0.3) is 0 Å². The van der Waals surface area contributed by atoms with Crippen molar-refractivity contribution in [2.24, 2.45) is 5.92 Å². The molecule has 0 aromatic carbocycles. The lowest BCUT2D eigenvalue weighted by atomic mass is 9.85. The maximum atomic E-state index is 12.9. The lowest BCUT2D eigenvalue weighted by Crippen LogP contribution is -2.49. The number of amides is 1. The van der Waals surface area contributed by atoms with Gasteiger partial charge < -0.3 is 9.64 Å². The number of carbonyl (C=O) groups is 2. The summed E-state index contributed by atoms with van der Waals surface area (Å²) in [6.45, 7) is 9.74. The molecule has 0 radical (unpaired) electrons. The Morgan fingerprint density at radius 1 is 1.20 bits per heavy atom. The Balaban J connectivity index is 1.68. The smallest absolute Gasteiger partial charge is 0.410 e. The second-order valence-electron chi connectivity index (χ2n) is 8.61. The van der Waals surface area contributed by atoms with Gasteiger partial charge in [0.15, 0.2) is 5.78 Å². The maximum absolute atomic E-state index is 12.9. The minimum absolute atomic E-state index is 0.0269. The van der Waals surface area contributed by atoms with E-state index in [2.05, 4.69) is 5.10 Å². The predicted octanol–water partition coefficient (Wildman–Crippen LogP) is 3.82. The Labute approximate surface area is 149 Å². The molecule has 2 aliphatic rings. The van der Waals surface area contributed by atoms with E-state index in [1.54, 1.807) is 6.20 Å². The van der Waals surface area contributed by atoms with Crippen molar-refractivity contribution in [1.29, 1.82) is 0 Å². The average molecular weight is 347 g/mol. The Morgan fingerprint density at radius 2 is 1.80 bits per heavy atom. The van der Waals surface area contributed by atoms with E-state index in [9.17, 15) is 9.59 Å². The minimum atomic E-state index is -0.491. The van der Waals surface area contributed by atoms with Gasteiger partial charge in [0.05, 0.1) is 11.8 Å². The van der Waals surface area contributed by atoms with Gasteiger partial charge in [0.2, 0.25) is 0 Å². The molecule has 138 valence electrons. The van der Waals surface area contributed by atoms with Crippen molar-refractivity contribution < 1.29 is 14.3 Å². The first-order valence-electron chi connectivity index (χ1n) is 9.25. The fourth-order valence-corrected chi connectivity index (χ4v) is 3.99. The van der Waals surface area contributed by atoms with E-state index >= 15 is 0 Å². The molecule has 3 heterocycles. The second-order valence-corrected chi connectivity index (χ2v) is 8.61. The number of rotatable bonds is 3. The molecule has 1 amide bonds. The van der Waals surface area contributed by atoms with Gasteiger partial charge >= 0.3 is 6.09 Å². The number of nitrogens with zero attached hydrogens (tertiary/aromatic N) is 3. The van der Waals surface area contributed by atoms with Gasteiger partial charge in [-0.15, -0.1) is 0 Å². The Hall–Kier alpha value is -1.85. The Bertz CT molecular complexity index is 645. The molecule has 25 heavy (non-hydrogen) atoms. The number of ether oxygens (including phenoxy) is 1. The van der Waals surface area contributed by atoms with Crippen molar-refractivity contribution >= 4 is 11.9 Å². The molecule has 0 spiro atoms. The highest BCUT2D eigenvalue weighted by Crippen LogP contribution is 2.40. The van der Waals surface area contributed by atoms with Gasteiger partial charge in [-0.05, 0) is 60.3 Å². The van der Waals surface area contributed by atoms with Crippen LogP contribution in [0.5, 0.6) is 0 Å². The maximum Gasteiger partial charge on any atom is 0.410 e. The van der Waals surface area contributed by atoms with Gasteiger partial charge in [-0.3, -0.25) is 9.48 Å². The van der Waals surface area contributed by atoms with Gasteiger partial charge in [-0.25, -0.2) is 4.79 Å². The molecule has 6 nitrogen and oxygen atoms in total. The van der Waals surface area contributed by atoms with Gasteiger partial charge in [0.1, 0.15) is 5.60 Å². The van der Waals surface area contributed by atoms with Crippen molar-refractivity contribution in [3.05, 3.63) is 18.0 Å². The molecular formula is C19H29N3O3. The topological polar surface area (TPSA) is 64.4 Å². The van der Waals surface area contributed by atoms with E-state index < -0.39 is 5.60 Å². The molecule has 1 aromatic rings. The van der Waals surface area contributed by atoms with Crippen molar-refractivity contribution in [2.45, 2.75) is 84.0 Å². The van der Waals surface area contributed by atoms with Gasteiger partial charge in [-0.1, -0.05) is 0 Å². The number of Topliss-reactive ketones (excluding diaryl/α,β-unsaturated/α-hetero) is 1. The number of hydrogen-bond donors (Lipinski definition) is 0. The molecule has 3 rings (SSSR count). The van der Waals surface area contributed by atoms with Crippen LogP contribution in [0.4, 0.5) is 4.79 Å². The van der Waals surface area contributed by atoms with Crippen LogP contribution in [0.3, 0.4) is 0 Å². The van der Waals surface area contributed by atoms with Gasteiger partial charge in [0.25, 0.3) is 0 Å². The van der Waals surface area contributed by atoms with Gasteiger partial charge in [-0.2, -0.15) is 5.10 Å². The highest BCUT2D eigenvalue weighted by molar-refractivity contribution is 5.97. The minimum Gasteiger partial charge on any atom is -0.444 e. The Kier molecular flexibility index (Phi) is 4.64. The molecule has 0 saturated carbocycles. The van der Waals surface area contributed by atoms with Crippen LogP contribution in [-0.2, 0) is 4.74 Å². The van der Waals surface area contributed by atoms with E-state index in [0.717, 1.165) is 25.7 Å². The lowest BCUT2D eigenvalue weighted by molar-refractivity contribution is 0.00254. The summed E-state index contributed by atoms with van der Waals surface area (Å²) in [7, 11) is 0. The van der Waals surface area contributed by atoms with Crippen molar-refractivity contribution in [3.8, 4) is 0 Å². The normalized spacial score (nSPS) is 26.2. The zero-order valence-corrected chi connectivity index (χ0v) is 15.9. The molecule has 2 saturated heterocycles. The summed E-state index contributed by atoms with van der Waals surface area (Å²) in [6.07, 6.45) is 6.64. The highest BCUT2D eigenvalue weighted by Gasteiger charge is 2.46. The number of piperidine rings is 1. The summed E-state index contributed by atoms with van der Waals surface area (Å²) in [5.74, 6) is 0.133. The summed E-state index contributed by atoms with van der Waals surface area (Å²) < 4.78 is 7.37. The van der Waals surface area contributed by atoms with E-state index in [-0.39, 0.29) is 35.9 Å². The number of carbonyl (C=O) groups excluding carboxylic acids is 2. The molecule has 2 bridgehead atoms. The van der Waals surface area contributed by atoms with Crippen LogP contribution in [-0.4, -0.2) is 44.2 Å². The number of fused-ring (bicyclic) bond motifs is 2. The SMILES string of the molecule is CC(C)n1cc(C(=O)C2CC3CCC(C2)N3C(=O)OC(C)(C)C)cn1. The fraction of sp³-hybridized carbons (Fsp3) is 0.737. The fourth-order valence-electron chi connectivity index (χ4n) is 3.99. The van der Waals surface area contributed by atoms with E-state index in [4.69, 9.17) is 4.74 Å². The molecule has 2 fully saturated rings. The number of ketones is 1. The van der Waals surface area contributed by atoms with Gasteiger partial charge in [0, 0.05) is 30.2 Å².